The maximum atomic E-state index is 3.97. The van der Waals surface area contributed by atoms with Crippen molar-refractivity contribution in [3.63, 3.8) is 0 Å². The highest BCUT2D eigenvalue weighted by atomic mass is 14.9. The Morgan fingerprint density at radius 1 is 1.42 bits per heavy atom. The third-order valence-corrected chi connectivity index (χ3v) is 2.59. The van der Waals surface area contributed by atoms with Gasteiger partial charge in [-0.1, -0.05) is 33.8 Å². The van der Waals surface area contributed by atoms with Crippen molar-refractivity contribution in [1.29, 1.82) is 0 Å². The third-order valence-electron chi connectivity index (χ3n) is 2.59. The molecule has 0 amide bonds. The van der Waals surface area contributed by atoms with Crippen LogP contribution in [0.15, 0.2) is 12.3 Å². The zero-order valence-corrected chi connectivity index (χ0v) is 8.98. The van der Waals surface area contributed by atoms with Gasteiger partial charge >= 0.3 is 0 Å². The SMILES string of the molecule is BCC(=C)NC(CC)C(C)CC. The average Bonchev–Trinajstić information content (AvgIpc) is 2.12. The smallest absolute Gasteiger partial charge is 0.108 e. The lowest BCUT2D eigenvalue weighted by molar-refractivity contribution is 0.382. The van der Waals surface area contributed by atoms with E-state index < -0.39 is 0 Å². The second-order valence-corrected chi connectivity index (χ2v) is 3.50. The second kappa shape index (κ2) is 6.16. The summed E-state index contributed by atoms with van der Waals surface area (Å²) in [6, 6.07) is 0.613. The summed E-state index contributed by atoms with van der Waals surface area (Å²) < 4.78 is 0. The molecule has 2 unspecified atom stereocenters. The maximum absolute atomic E-state index is 3.97. The normalized spacial score (nSPS) is 15.2. The predicted octanol–water partition coefficient (Wildman–Crippen LogP) is 1.97. The first-order valence-corrected chi connectivity index (χ1v) is 5.09. The fraction of sp³-hybridized carbons (Fsp3) is 0.800. The van der Waals surface area contributed by atoms with Crippen LogP contribution in [0.5, 0.6) is 0 Å². The molecule has 12 heavy (non-hydrogen) atoms. The summed E-state index contributed by atoms with van der Waals surface area (Å²) in [5.74, 6) is 0.748. The minimum absolute atomic E-state index is 0.613. The van der Waals surface area contributed by atoms with Crippen molar-refractivity contribution in [3.05, 3.63) is 12.3 Å². The molecule has 0 bridgehead atoms. The van der Waals surface area contributed by atoms with E-state index >= 15 is 0 Å². The van der Waals surface area contributed by atoms with E-state index in [-0.39, 0.29) is 0 Å². The Morgan fingerprint density at radius 3 is 2.33 bits per heavy atom. The molecule has 0 saturated carbocycles. The largest absolute Gasteiger partial charge is 0.386 e. The van der Waals surface area contributed by atoms with Crippen molar-refractivity contribution < 1.29 is 0 Å². The molecule has 1 nitrogen and oxygen atoms in total. The molecule has 0 aromatic rings. The van der Waals surface area contributed by atoms with Crippen molar-refractivity contribution in [2.24, 2.45) is 5.92 Å². The van der Waals surface area contributed by atoms with Gasteiger partial charge in [0, 0.05) is 6.04 Å². The van der Waals surface area contributed by atoms with Gasteiger partial charge in [-0.05, 0) is 24.4 Å². The molecule has 0 aliphatic heterocycles. The molecule has 0 radical (unpaired) electrons. The van der Waals surface area contributed by atoms with Gasteiger partial charge in [0.25, 0.3) is 0 Å². The summed E-state index contributed by atoms with van der Waals surface area (Å²) in [4.78, 5) is 0. The second-order valence-electron chi connectivity index (χ2n) is 3.50. The standard InChI is InChI=1S/C10H22BN/c1-5-8(3)10(6-2)12-9(4)7-11/h8,10,12H,4-7,11H2,1-3H3. The molecule has 0 rings (SSSR count). The Morgan fingerprint density at radius 2 is 2.00 bits per heavy atom. The Labute approximate surface area is 78.0 Å². The van der Waals surface area contributed by atoms with Crippen molar-refractivity contribution in [1.82, 2.24) is 5.32 Å². The topological polar surface area (TPSA) is 12.0 Å². The van der Waals surface area contributed by atoms with E-state index in [9.17, 15) is 0 Å². The summed E-state index contributed by atoms with van der Waals surface area (Å²) in [5.41, 5.74) is 1.17. The summed E-state index contributed by atoms with van der Waals surface area (Å²) in [6.07, 6.45) is 3.46. The molecule has 0 aromatic heterocycles. The highest BCUT2D eigenvalue weighted by Gasteiger charge is 2.12. The lowest BCUT2D eigenvalue weighted by atomic mass is 9.95. The zero-order chi connectivity index (χ0) is 9.56. The Balaban J connectivity index is 3.90. The predicted molar refractivity (Wildman–Crippen MR) is 59.2 cm³/mol. The van der Waals surface area contributed by atoms with Crippen molar-refractivity contribution in [2.45, 2.75) is 46.0 Å². The Kier molecular flexibility index (Phi) is 5.95. The van der Waals surface area contributed by atoms with Gasteiger partial charge in [0.2, 0.25) is 0 Å². The number of nitrogens with one attached hydrogen (secondary N) is 1. The van der Waals surface area contributed by atoms with Gasteiger partial charge in [-0.25, -0.2) is 0 Å². The van der Waals surface area contributed by atoms with Crippen LogP contribution in [0.4, 0.5) is 0 Å². The first-order chi connectivity index (χ1) is 5.65. The van der Waals surface area contributed by atoms with Crippen LogP contribution in [-0.2, 0) is 0 Å². The van der Waals surface area contributed by atoms with Crippen LogP contribution in [-0.4, -0.2) is 13.9 Å². The van der Waals surface area contributed by atoms with E-state index in [0.717, 1.165) is 12.2 Å². The van der Waals surface area contributed by atoms with Gasteiger partial charge in [-0.2, -0.15) is 0 Å². The van der Waals surface area contributed by atoms with Crippen molar-refractivity contribution >= 4 is 7.85 Å². The van der Waals surface area contributed by atoms with Gasteiger partial charge in [-0.3, -0.25) is 0 Å². The molecule has 0 fully saturated rings. The summed E-state index contributed by atoms with van der Waals surface area (Å²) in [6.45, 7) is 10.7. The van der Waals surface area contributed by atoms with Crippen LogP contribution in [0.25, 0.3) is 0 Å². The first-order valence-electron chi connectivity index (χ1n) is 5.09. The van der Waals surface area contributed by atoms with Crippen molar-refractivity contribution in [2.75, 3.05) is 0 Å². The molecule has 0 saturated heterocycles. The maximum Gasteiger partial charge on any atom is 0.108 e. The summed E-state index contributed by atoms with van der Waals surface area (Å²) in [5, 5.41) is 3.47. The Hall–Kier alpha value is -0.395. The van der Waals surface area contributed by atoms with E-state index in [1.807, 2.05) is 0 Å². The minimum Gasteiger partial charge on any atom is -0.386 e. The van der Waals surface area contributed by atoms with Crippen LogP contribution in [0, 0.1) is 5.92 Å². The summed E-state index contributed by atoms with van der Waals surface area (Å²) in [7, 11) is 2.14. The van der Waals surface area contributed by atoms with E-state index in [1.165, 1.54) is 18.5 Å². The molecule has 2 atom stereocenters. The first kappa shape index (κ1) is 11.6. The number of allylic oxidation sites excluding steroid dienone is 1. The molecule has 0 spiro atoms. The zero-order valence-electron chi connectivity index (χ0n) is 8.98. The number of hydrogen-bond acceptors (Lipinski definition) is 1. The monoisotopic (exact) mass is 167 g/mol. The molecule has 70 valence electrons. The molecule has 2 heteroatoms. The van der Waals surface area contributed by atoms with E-state index in [2.05, 4.69) is 40.5 Å². The fourth-order valence-electron chi connectivity index (χ4n) is 1.30. The molecule has 0 heterocycles. The van der Waals surface area contributed by atoms with E-state index in [1.54, 1.807) is 0 Å². The van der Waals surface area contributed by atoms with Gasteiger partial charge in [0.1, 0.15) is 7.85 Å². The molecule has 0 aliphatic carbocycles. The number of rotatable bonds is 6. The molecule has 1 N–H and O–H groups in total. The van der Waals surface area contributed by atoms with Crippen LogP contribution in [0.3, 0.4) is 0 Å². The molecule has 0 aliphatic rings. The van der Waals surface area contributed by atoms with Gasteiger partial charge in [0.05, 0.1) is 0 Å². The third kappa shape index (κ3) is 3.84. The van der Waals surface area contributed by atoms with Crippen LogP contribution < -0.4 is 5.32 Å². The summed E-state index contributed by atoms with van der Waals surface area (Å²) >= 11 is 0. The molecular weight excluding hydrogens is 145 g/mol. The number of hydrogen-bond donors (Lipinski definition) is 1. The highest BCUT2D eigenvalue weighted by Crippen LogP contribution is 2.12. The van der Waals surface area contributed by atoms with Crippen LogP contribution in [0.2, 0.25) is 6.32 Å². The molecule has 0 aromatic carbocycles. The van der Waals surface area contributed by atoms with Gasteiger partial charge in [0.15, 0.2) is 0 Å². The van der Waals surface area contributed by atoms with E-state index in [0.29, 0.717) is 6.04 Å². The molecular formula is C10H22BN. The van der Waals surface area contributed by atoms with Gasteiger partial charge < -0.3 is 5.32 Å². The van der Waals surface area contributed by atoms with Gasteiger partial charge in [-0.15, -0.1) is 0 Å². The van der Waals surface area contributed by atoms with E-state index in [4.69, 9.17) is 0 Å². The average molecular weight is 167 g/mol. The highest BCUT2D eigenvalue weighted by molar-refractivity contribution is 6.10. The van der Waals surface area contributed by atoms with Crippen molar-refractivity contribution in [3.8, 4) is 0 Å². The lowest BCUT2D eigenvalue weighted by Gasteiger charge is -2.24. The van der Waals surface area contributed by atoms with Crippen LogP contribution in [0.1, 0.15) is 33.6 Å². The lowest BCUT2D eigenvalue weighted by Crippen LogP contribution is -2.33. The fourth-order valence-corrected chi connectivity index (χ4v) is 1.30. The van der Waals surface area contributed by atoms with Crippen LogP contribution >= 0.6 is 0 Å². The minimum atomic E-state index is 0.613. The Bertz CT molecular complexity index is 134. The quantitative estimate of drug-likeness (QED) is 0.596.